The number of aromatic nitrogens is 1. The number of anilines is 1. The van der Waals surface area contributed by atoms with E-state index in [4.69, 9.17) is 11.5 Å². The lowest BCUT2D eigenvalue weighted by molar-refractivity contribution is 1.03. The molecule has 1 heterocycles. The molecule has 0 aliphatic heterocycles. The summed E-state index contributed by atoms with van der Waals surface area (Å²) in [6, 6.07) is 5.38. The van der Waals surface area contributed by atoms with Crippen molar-refractivity contribution in [3.05, 3.63) is 23.9 Å². The molecule has 0 fully saturated rings. The molecule has 3 nitrogen and oxygen atoms in total. The quantitative estimate of drug-likeness (QED) is 0.585. The van der Waals surface area contributed by atoms with Gasteiger partial charge in [-0.2, -0.15) is 0 Å². The Morgan fingerprint density at radius 1 is 1.42 bits per heavy atom. The van der Waals surface area contributed by atoms with Crippen LogP contribution < -0.4 is 11.5 Å². The average Bonchev–Trinajstić information content (AvgIpc) is 2.05. The van der Waals surface area contributed by atoms with Gasteiger partial charge >= 0.3 is 0 Å². The standard InChI is InChI=1S/C9H11N3/c10-7-2-1-4-8-5-3-6-9(11)12-8/h3,5-6H,2,7,10H2,(H2,11,12). The van der Waals surface area contributed by atoms with E-state index in [0.717, 1.165) is 0 Å². The molecule has 62 valence electrons. The van der Waals surface area contributed by atoms with E-state index in [1.165, 1.54) is 0 Å². The fraction of sp³-hybridized carbons (Fsp3) is 0.222. The minimum absolute atomic E-state index is 0.495. The molecule has 4 N–H and O–H groups in total. The van der Waals surface area contributed by atoms with Gasteiger partial charge in [-0.15, -0.1) is 0 Å². The Morgan fingerprint density at radius 2 is 2.25 bits per heavy atom. The number of rotatable bonds is 1. The van der Waals surface area contributed by atoms with Crippen LogP contribution in [0.25, 0.3) is 0 Å². The summed E-state index contributed by atoms with van der Waals surface area (Å²) < 4.78 is 0. The molecule has 0 aliphatic rings. The molecule has 0 saturated carbocycles. The lowest BCUT2D eigenvalue weighted by atomic mass is 10.3. The Morgan fingerprint density at radius 3 is 2.92 bits per heavy atom. The van der Waals surface area contributed by atoms with Gasteiger partial charge in [-0.05, 0) is 18.1 Å². The second-order valence-electron chi connectivity index (χ2n) is 2.29. The minimum Gasteiger partial charge on any atom is -0.384 e. The van der Waals surface area contributed by atoms with Crippen LogP contribution in [0.2, 0.25) is 0 Å². The van der Waals surface area contributed by atoms with Crippen LogP contribution in [-0.4, -0.2) is 11.5 Å². The summed E-state index contributed by atoms with van der Waals surface area (Å²) in [5.41, 5.74) is 11.4. The van der Waals surface area contributed by atoms with Gasteiger partial charge in [0.1, 0.15) is 11.5 Å². The highest BCUT2D eigenvalue weighted by molar-refractivity contribution is 5.36. The van der Waals surface area contributed by atoms with Crippen LogP contribution in [0.1, 0.15) is 12.1 Å². The van der Waals surface area contributed by atoms with E-state index >= 15 is 0 Å². The zero-order chi connectivity index (χ0) is 8.81. The molecule has 0 aliphatic carbocycles. The lowest BCUT2D eigenvalue weighted by Gasteiger charge is -1.91. The van der Waals surface area contributed by atoms with Crippen molar-refractivity contribution in [2.24, 2.45) is 5.73 Å². The third-order valence-electron chi connectivity index (χ3n) is 1.26. The van der Waals surface area contributed by atoms with E-state index in [2.05, 4.69) is 16.8 Å². The normalized spacial score (nSPS) is 8.75. The second kappa shape index (κ2) is 4.37. The molecule has 0 saturated heterocycles. The lowest BCUT2D eigenvalue weighted by Crippen LogP contribution is -1.96. The predicted molar refractivity (Wildman–Crippen MR) is 49.2 cm³/mol. The topological polar surface area (TPSA) is 64.9 Å². The first kappa shape index (κ1) is 8.57. The van der Waals surface area contributed by atoms with Crippen molar-refractivity contribution in [2.45, 2.75) is 6.42 Å². The molecule has 0 radical (unpaired) electrons. The van der Waals surface area contributed by atoms with Gasteiger partial charge in [-0.25, -0.2) is 4.98 Å². The molecular formula is C9H11N3. The second-order valence-corrected chi connectivity index (χ2v) is 2.29. The molecule has 0 bridgehead atoms. The number of hydrogen-bond acceptors (Lipinski definition) is 3. The van der Waals surface area contributed by atoms with Crippen molar-refractivity contribution < 1.29 is 0 Å². The summed E-state index contributed by atoms with van der Waals surface area (Å²) in [4.78, 5) is 4.01. The maximum absolute atomic E-state index is 5.46. The number of nitrogens with two attached hydrogens (primary N) is 2. The monoisotopic (exact) mass is 161 g/mol. The Kier molecular flexibility index (Phi) is 3.12. The first-order valence-corrected chi connectivity index (χ1v) is 3.74. The van der Waals surface area contributed by atoms with E-state index in [9.17, 15) is 0 Å². The van der Waals surface area contributed by atoms with E-state index in [1.54, 1.807) is 6.07 Å². The molecule has 0 unspecified atom stereocenters. The molecule has 1 rings (SSSR count). The average molecular weight is 161 g/mol. The summed E-state index contributed by atoms with van der Waals surface area (Å²) in [6.07, 6.45) is 0.691. The largest absolute Gasteiger partial charge is 0.384 e. The van der Waals surface area contributed by atoms with Gasteiger partial charge in [0.05, 0.1) is 0 Å². The van der Waals surface area contributed by atoms with E-state index in [0.29, 0.717) is 24.5 Å². The van der Waals surface area contributed by atoms with Crippen LogP contribution in [0.15, 0.2) is 18.2 Å². The third kappa shape index (κ3) is 2.60. The van der Waals surface area contributed by atoms with Gasteiger partial charge in [0, 0.05) is 13.0 Å². The zero-order valence-electron chi connectivity index (χ0n) is 6.75. The fourth-order valence-corrected chi connectivity index (χ4v) is 0.746. The summed E-state index contributed by atoms with van der Waals surface area (Å²) >= 11 is 0. The molecule has 0 spiro atoms. The number of nitrogens with zero attached hydrogens (tertiary/aromatic N) is 1. The first-order chi connectivity index (χ1) is 5.83. The van der Waals surface area contributed by atoms with Crippen LogP contribution >= 0.6 is 0 Å². The van der Waals surface area contributed by atoms with Gasteiger partial charge in [0.15, 0.2) is 0 Å². The Labute approximate surface area is 71.8 Å². The molecule has 0 aromatic carbocycles. The molecule has 3 heteroatoms. The summed E-state index contributed by atoms with van der Waals surface area (Å²) in [5.74, 6) is 6.25. The van der Waals surface area contributed by atoms with Crippen molar-refractivity contribution in [1.29, 1.82) is 0 Å². The van der Waals surface area contributed by atoms with Crippen LogP contribution in [0.5, 0.6) is 0 Å². The number of pyridine rings is 1. The van der Waals surface area contributed by atoms with Crippen LogP contribution in [0, 0.1) is 11.8 Å². The number of nitrogen functional groups attached to an aromatic ring is 1. The van der Waals surface area contributed by atoms with Gasteiger partial charge in [-0.3, -0.25) is 0 Å². The summed E-state index contributed by atoms with van der Waals surface area (Å²) in [7, 11) is 0. The molecule has 12 heavy (non-hydrogen) atoms. The van der Waals surface area contributed by atoms with Crippen LogP contribution in [0.3, 0.4) is 0 Å². The highest BCUT2D eigenvalue weighted by Crippen LogP contribution is 1.97. The van der Waals surface area contributed by atoms with Crippen LogP contribution in [0.4, 0.5) is 5.82 Å². The van der Waals surface area contributed by atoms with Crippen molar-refractivity contribution in [3.63, 3.8) is 0 Å². The van der Waals surface area contributed by atoms with Crippen molar-refractivity contribution in [2.75, 3.05) is 12.3 Å². The molecule has 0 amide bonds. The smallest absolute Gasteiger partial charge is 0.124 e. The Balaban J connectivity index is 2.71. The summed E-state index contributed by atoms with van der Waals surface area (Å²) in [6.45, 7) is 0.579. The first-order valence-electron chi connectivity index (χ1n) is 3.74. The molecule has 0 atom stereocenters. The van der Waals surface area contributed by atoms with E-state index in [-0.39, 0.29) is 0 Å². The Hall–Kier alpha value is -1.53. The maximum atomic E-state index is 5.46. The van der Waals surface area contributed by atoms with Gasteiger partial charge in [-0.1, -0.05) is 12.0 Å². The van der Waals surface area contributed by atoms with Crippen molar-refractivity contribution in [3.8, 4) is 11.8 Å². The fourth-order valence-electron chi connectivity index (χ4n) is 0.746. The molecule has 1 aromatic heterocycles. The van der Waals surface area contributed by atoms with Crippen LogP contribution in [-0.2, 0) is 0 Å². The molecule has 1 aromatic rings. The van der Waals surface area contributed by atoms with E-state index < -0.39 is 0 Å². The van der Waals surface area contributed by atoms with Gasteiger partial charge < -0.3 is 11.5 Å². The third-order valence-corrected chi connectivity index (χ3v) is 1.26. The molecular weight excluding hydrogens is 150 g/mol. The van der Waals surface area contributed by atoms with Crippen molar-refractivity contribution in [1.82, 2.24) is 4.98 Å². The highest BCUT2D eigenvalue weighted by atomic mass is 14.8. The highest BCUT2D eigenvalue weighted by Gasteiger charge is 1.87. The summed E-state index contributed by atoms with van der Waals surface area (Å²) in [5, 5.41) is 0. The zero-order valence-corrected chi connectivity index (χ0v) is 6.75. The predicted octanol–water partition coefficient (Wildman–Crippen LogP) is 0.364. The van der Waals surface area contributed by atoms with E-state index in [1.807, 2.05) is 12.1 Å². The minimum atomic E-state index is 0.495. The van der Waals surface area contributed by atoms with Gasteiger partial charge in [0.25, 0.3) is 0 Å². The Bertz CT molecular complexity index is 309. The van der Waals surface area contributed by atoms with Crippen molar-refractivity contribution >= 4 is 5.82 Å². The maximum Gasteiger partial charge on any atom is 0.124 e. The number of hydrogen-bond donors (Lipinski definition) is 2. The SMILES string of the molecule is NCCC#Cc1cccc(N)n1. The van der Waals surface area contributed by atoms with Gasteiger partial charge in [0.2, 0.25) is 0 Å².